The molecule has 4 heteroatoms. The van der Waals surface area contributed by atoms with Crippen molar-refractivity contribution in [1.82, 2.24) is 5.32 Å². The molecule has 2 rings (SSSR count). The third kappa shape index (κ3) is 4.50. The van der Waals surface area contributed by atoms with E-state index in [-0.39, 0.29) is 0 Å². The van der Waals surface area contributed by atoms with Crippen LogP contribution in [-0.2, 0) is 12.8 Å². The molecule has 0 fully saturated rings. The van der Waals surface area contributed by atoms with E-state index in [1.54, 1.807) is 11.3 Å². The lowest BCUT2D eigenvalue weighted by molar-refractivity contribution is 0.524. The molecule has 0 saturated carbocycles. The van der Waals surface area contributed by atoms with Gasteiger partial charge >= 0.3 is 0 Å². The molecule has 0 radical (unpaired) electrons. The van der Waals surface area contributed by atoms with E-state index in [1.165, 1.54) is 10.4 Å². The van der Waals surface area contributed by atoms with Crippen molar-refractivity contribution in [3.63, 3.8) is 0 Å². The second-order valence-corrected chi connectivity index (χ2v) is 6.67. The minimum absolute atomic E-state index is 0.389. The summed E-state index contributed by atoms with van der Waals surface area (Å²) >= 11 is 13.9. The predicted molar refractivity (Wildman–Crippen MR) is 85.7 cm³/mol. The number of halogens is 2. The lowest BCUT2D eigenvalue weighted by atomic mass is 10.0. The third-order valence-corrected chi connectivity index (χ3v) is 4.62. The SMILES string of the molecule is CCNC(Cc1ccc(Cl)s1)Cc1ccccc1Cl. The van der Waals surface area contributed by atoms with Gasteiger partial charge < -0.3 is 5.32 Å². The third-order valence-electron chi connectivity index (χ3n) is 2.99. The summed E-state index contributed by atoms with van der Waals surface area (Å²) < 4.78 is 0.850. The van der Waals surface area contributed by atoms with Crippen LogP contribution in [0.15, 0.2) is 36.4 Å². The number of thiophene rings is 1. The molecule has 0 bridgehead atoms. The van der Waals surface area contributed by atoms with Crippen molar-refractivity contribution in [3.8, 4) is 0 Å². The van der Waals surface area contributed by atoms with Gasteiger partial charge in [0.2, 0.25) is 0 Å². The molecule has 1 aromatic heterocycles. The van der Waals surface area contributed by atoms with E-state index in [0.29, 0.717) is 6.04 Å². The monoisotopic (exact) mass is 313 g/mol. The van der Waals surface area contributed by atoms with Gasteiger partial charge in [-0.25, -0.2) is 0 Å². The molecule has 19 heavy (non-hydrogen) atoms. The van der Waals surface area contributed by atoms with E-state index in [9.17, 15) is 0 Å². The minimum Gasteiger partial charge on any atom is -0.314 e. The molecule has 2 aromatic rings. The molecule has 1 aromatic carbocycles. The smallest absolute Gasteiger partial charge is 0.0931 e. The van der Waals surface area contributed by atoms with Gasteiger partial charge in [-0.3, -0.25) is 0 Å². The standard InChI is InChI=1S/C15H17Cl2NS/c1-2-18-12(10-13-7-8-15(17)19-13)9-11-5-3-4-6-14(11)16/h3-8,12,18H,2,9-10H2,1H3. The van der Waals surface area contributed by atoms with Crippen molar-refractivity contribution in [2.24, 2.45) is 0 Å². The lowest BCUT2D eigenvalue weighted by Gasteiger charge is -2.18. The molecule has 1 atom stereocenters. The van der Waals surface area contributed by atoms with Crippen LogP contribution in [0.5, 0.6) is 0 Å². The molecular weight excluding hydrogens is 297 g/mol. The second-order valence-electron chi connectivity index (χ2n) is 4.46. The Kier molecular flexibility index (Phi) is 5.71. The van der Waals surface area contributed by atoms with Crippen LogP contribution in [0, 0.1) is 0 Å². The summed E-state index contributed by atoms with van der Waals surface area (Å²) in [6.45, 7) is 3.08. The second kappa shape index (κ2) is 7.30. The van der Waals surface area contributed by atoms with E-state index < -0.39 is 0 Å². The van der Waals surface area contributed by atoms with Crippen LogP contribution in [0.25, 0.3) is 0 Å². The number of benzene rings is 1. The maximum Gasteiger partial charge on any atom is 0.0931 e. The molecule has 0 aliphatic heterocycles. The summed E-state index contributed by atoms with van der Waals surface area (Å²) in [6, 6.07) is 12.5. The van der Waals surface area contributed by atoms with Gasteiger partial charge in [-0.05, 0) is 43.1 Å². The zero-order chi connectivity index (χ0) is 13.7. The zero-order valence-electron chi connectivity index (χ0n) is 10.8. The molecule has 1 unspecified atom stereocenters. The minimum atomic E-state index is 0.389. The van der Waals surface area contributed by atoms with Crippen molar-refractivity contribution < 1.29 is 0 Å². The molecule has 0 aliphatic carbocycles. The first kappa shape index (κ1) is 14.9. The zero-order valence-corrected chi connectivity index (χ0v) is 13.2. The quantitative estimate of drug-likeness (QED) is 0.806. The van der Waals surface area contributed by atoms with E-state index in [1.807, 2.05) is 24.3 Å². The fraction of sp³-hybridized carbons (Fsp3) is 0.333. The van der Waals surface area contributed by atoms with Gasteiger partial charge in [0, 0.05) is 15.9 Å². The van der Waals surface area contributed by atoms with Crippen molar-refractivity contribution in [1.29, 1.82) is 0 Å². The van der Waals surface area contributed by atoms with Gasteiger partial charge in [-0.2, -0.15) is 0 Å². The van der Waals surface area contributed by atoms with Gasteiger partial charge in [0.1, 0.15) is 0 Å². The normalized spacial score (nSPS) is 12.6. The predicted octanol–water partition coefficient (Wildman–Crippen LogP) is 4.82. The molecule has 1 heterocycles. The van der Waals surface area contributed by atoms with Crippen LogP contribution in [0.1, 0.15) is 17.4 Å². The number of rotatable bonds is 6. The molecule has 1 N–H and O–H groups in total. The fourth-order valence-corrected chi connectivity index (χ4v) is 3.52. The summed E-state index contributed by atoms with van der Waals surface area (Å²) in [5.74, 6) is 0. The highest BCUT2D eigenvalue weighted by Crippen LogP contribution is 2.24. The average Bonchev–Trinajstić information content (AvgIpc) is 2.78. The number of nitrogens with one attached hydrogen (secondary N) is 1. The van der Waals surface area contributed by atoms with Gasteiger partial charge in [0.15, 0.2) is 0 Å². The Morgan fingerprint density at radius 2 is 1.89 bits per heavy atom. The largest absolute Gasteiger partial charge is 0.314 e. The Labute approximate surface area is 128 Å². The van der Waals surface area contributed by atoms with Gasteiger partial charge in [0.25, 0.3) is 0 Å². The Morgan fingerprint density at radius 3 is 2.53 bits per heavy atom. The summed E-state index contributed by atoms with van der Waals surface area (Å²) in [5.41, 5.74) is 1.19. The van der Waals surface area contributed by atoms with Crippen molar-refractivity contribution >= 4 is 34.5 Å². The maximum atomic E-state index is 6.23. The van der Waals surface area contributed by atoms with Crippen LogP contribution < -0.4 is 5.32 Å². The van der Waals surface area contributed by atoms with Crippen LogP contribution in [0.4, 0.5) is 0 Å². The molecule has 0 amide bonds. The van der Waals surface area contributed by atoms with Gasteiger partial charge in [-0.1, -0.05) is 48.3 Å². The highest BCUT2D eigenvalue weighted by Gasteiger charge is 2.12. The molecular formula is C15H17Cl2NS. The number of hydrogen-bond donors (Lipinski definition) is 1. The number of hydrogen-bond acceptors (Lipinski definition) is 2. The Balaban J connectivity index is 2.06. The van der Waals surface area contributed by atoms with E-state index in [0.717, 1.165) is 28.7 Å². The van der Waals surface area contributed by atoms with Crippen molar-refractivity contribution in [3.05, 3.63) is 56.2 Å². The van der Waals surface area contributed by atoms with Gasteiger partial charge in [0.05, 0.1) is 4.34 Å². The summed E-state index contributed by atoms with van der Waals surface area (Å²) in [5, 5.41) is 4.36. The van der Waals surface area contributed by atoms with Crippen molar-refractivity contribution in [2.45, 2.75) is 25.8 Å². The van der Waals surface area contributed by atoms with E-state index >= 15 is 0 Å². The summed E-state index contributed by atoms with van der Waals surface area (Å²) in [7, 11) is 0. The van der Waals surface area contributed by atoms with Crippen LogP contribution in [0.3, 0.4) is 0 Å². The Hall–Kier alpha value is -0.540. The van der Waals surface area contributed by atoms with Crippen LogP contribution in [-0.4, -0.2) is 12.6 Å². The topological polar surface area (TPSA) is 12.0 Å². The van der Waals surface area contributed by atoms with E-state index in [4.69, 9.17) is 23.2 Å². The molecule has 102 valence electrons. The Morgan fingerprint density at radius 1 is 1.11 bits per heavy atom. The van der Waals surface area contributed by atoms with Crippen LogP contribution in [0.2, 0.25) is 9.36 Å². The molecule has 0 spiro atoms. The first-order chi connectivity index (χ1) is 9.19. The van der Waals surface area contributed by atoms with Crippen molar-refractivity contribution in [2.75, 3.05) is 6.54 Å². The van der Waals surface area contributed by atoms with Gasteiger partial charge in [-0.15, -0.1) is 11.3 Å². The molecule has 1 nitrogen and oxygen atoms in total. The maximum absolute atomic E-state index is 6.23. The summed E-state index contributed by atoms with van der Waals surface area (Å²) in [4.78, 5) is 1.31. The first-order valence-electron chi connectivity index (χ1n) is 6.40. The Bertz CT molecular complexity index is 524. The summed E-state index contributed by atoms with van der Waals surface area (Å²) in [6.07, 6.45) is 1.92. The average molecular weight is 314 g/mol. The highest BCUT2D eigenvalue weighted by atomic mass is 35.5. The molecule has 0 saturated heterocycles. The molecule has 0 aliphatic rings. The highest BCUT2D eigenvalue weighted by molar-refractivity contribution is 7.16. The lowest BCUT2D eigenvalue weighted by Crippen LogP contribution is -2.32. The fourth-order valence-electron chi connectivity index (χ4n) is 2.14. The first-order valence-corrected chi connectivity index (χ1v) is 7.97. The van der Waals surface area contributed by atoms with Crippen LogP contribution >= 0.6 is 34.5 Å². The number of likely N-dealkylation sites (N-methyl/N-ethyl adjacent to an activating group) is 1. The van der Waals surface area contributed by atoms with E-state index in [2.05, 4.69) is 24.4 Å².